The van der Waals surface area contributed by atoms with E-state index in [9.17, 15) is 9.59 Å². The molecule has 6 heteroatoms. The maximum Gasteiger partial charge on any atom is 0.339 e. The number of nitrogen functional groups attached to an aromatic ring is 1. The van der Waals surface area contributed by atoms with Gasteiger partial charge in [-0.05, 0) is 26.0 Å². The van der Waals surface area contributed by atoms with Gasteiger partial charge in [-0.2, -0.15) is 0 Å². The fourth-order valence-electron chi connectivity index (χ4n) is 1.15. The Morgan fingerprint density at radius 2 is 1.94 bits per heavy atom. The van der Waals surface area contributed by atoms with Crippen molar-refractivity contribution in [1.29, 1.82) is 0 Å². The van der Waals surface area contributed by atoms with Crippen LogP contribution in [0.2, 0.25) is 0 Å². The van der Waals surface area contributed by atoms with Crippen LogP contribution >= 0.6 is 0 Å². The molecule has 0 saturated heterocycles. The summed E-state index contributed by atoms with van der Waals surface area (Å²) in [6.45, 7) is 2.83. The van der Waals surface area contributed by atoms with Gasteiger partial charge in [0, 0.05) is 11.8 Å². The summed E-state index contributed by atoms with van der Waals surface area (Å²) in [5, 5.41) is 17.9. The Labute approximate surface area is 104 Å². The molecule has 18 heavy (non-hydrogen) atoms. The minimum absolute atomic E-state index is 0.0506. The fourth-order valence-corrected chi connectivity index (χ4v) is 1.15. The lowest BCUT2D eigenvalue weighted by atomic mass is 9.95. The third-order valence-electron chi connectivity index (χ3n) is 2.40. The summed E-state index contributed by atoms with van der Waals surface area (Å²) in [5.41, 5.74) is 4.73. The number of hydrogen-bond donors (Lipinski definition) is 3. The Kier molecular flexibility index (Phi) is 3.80. The molecular formula is C12H15NO5. The van der Waals surface area contributed by atoms with Gasteiger partial charge in [-0.3, -0.25) is 4.79 Å². The monoisotopic (exact) mass is 253 g/mol. The SMILES string of the molecule is CC(C)(COc1cc(N)ccc1C(=O)O)C(=O)O. The maximum atomic E-state index is 11.0. The van der Waals surface area contributed by atoms with Crippen LogP contribution in [-0.4, -0.2) is 28.8 Å². The molecule has 0 bridgehead atoms. The second-order valence-corrected chi connectivity index (χ2v) is 4.54. The quantitative estimate of drug-likeness (QED) is 0.685. The molecule has 0 aromatic heterocycles. The second kappa shape index (κ2) is 4.95. The van der Waals surface area contributed by atoms with Gasteiger partial charge in [-0.15, -0.1) is 0 Å². The van der Waals surface area contributed by atoms with Crippen LogP contribution in [0.1, 0.15) is 24.2 Å². The van der Waals surface area contributed by atoms with E-state index in [1.165, 1.54) is 32.0 Å². The smallest absolute Gasteiger partial charge is 0.339 e. The molecule has 0 radical (unpaired) electrons. The number of carbonyl (C=O) groups is 2. The molecule has 4 N–H and O–H groups in total. The molecule has 0 spiro atoms. The van der Waals surface area contributed by atoms with Gasteiger partial charge in [0.05, 0.1) is 5.41 Å². The Hall–Kier alpha value is -2.24. The number of anilines is 1. The molecule has 0 amide bonds. The number of benzene rings is 1. The molecule has 1 aromatic rings. The third kappa shape index (κ3) is 3.13. The third-order valence-corrected chi connectivity index (χ3v) is 2.40. The zero-order chi connectivity index (χ0) is 13.9. The number of carboxylic acid groups (broad SMARTS) is 2. The molecule has 6 nitrogen and oxygen atoms in total. The minimum Gasteiger partial charge on any atom is -0.491 e. The second-order valence-electron chi connectivity index (χ2n) is 4.54. The summed E-state index contributed by atoms with van der Waals surface area (Å²) in [6, 6.07) is 4.13. The minimum atomic E-state index is -1.15. The number of ether oxygens (including phenoxy) is 1. The number of hydrogen-bond acceptors (Lipinski definition) is 4. The van der Waals surface area contributed by atoms with Crippen molar-refractivity contribution in [3.05, 3.63) is 23.8 Å². The average Bonchev–Trinajstić information content (AvgIpc) is 2.26. The van der Waals surface area contributed by atoms with Crippen LogP contribution in [-0.2, 0) is 4.79 Å². The summed E-state index contributed by atoms with van der Waals surface area (Å²) < 4.78 is 5.26. The van der Waals surface area contributed by atoms with Gasteiger partial charge in [-0.25, -0.2) is 4.79 Å². The maximum absolute atomic E-state index is 11.0. The summed E-state index contributed by atoms with van der Waals surface area (Å²) >= 11 is 0. The molecule has 0 aliphatic heterocycles. The molecule has 0 fully saturated rings. The van der Waals surface area contributed by atoms with Gasteiger partial charge >= 0.3 is 11.9 Å². The summed E-state index contributed by atoms with van der Waals surface area (Å²) in [6.07, 6.45) is 0. The molecule has 0 atom stereocenters. The predicted molar refractivity (Wildman–Crippen MR) is 64.7 cm³/mol. The van der Waals surface area contributed by atoms with Gasteiger partial charge in [-0.1, -0.05) is 0 Å². The molecule has 0 aliphatic rings. The number of carboxylic acids is 2. The van der Waals surface area contributed by atoms with Crippen LogP contribution in [0.15, 0.2) is 18.2 Å². The lowest BCUT2D eigenvalue weighted by Gasteiger charge is -2.20. The van der Waals surface area contributed by atoms with E-state index in [0.717, 1.165) is 0 Å². The largest absolute Gasteiger partial charge is 0.491 e. The number of rotatable bonds is 5. The summed E-state index contributed by atoms with van der Waals surface area (Å²) in [7, 11) is 0. The highest BCUT2D eigenvalue weighted by Crippen LogP contribution is 2.25. The van der Waals surface area contributed by atoms with E-state index in [2.05, 4.69) is 0 Å². The van der Waals surface area contributed by atoms with Crippen LogP contribution in [0.5, 0.6) is 5.75 Å². The first-order chi connectivity index (χ1) is 8.24. The molecule has 0 aliphatic carbocycles. The van der Waals surface area contributed by atoms with Crippen molar-refractivity contribution in [1.82, 2.24) is 0 Å². The van der Waals surface area contributed by atoms with Gasteiger partial charge in [0.1, 0.15) is 17.9 Å². The van der Waals surface area contributed by atoms with Crippen LogP contribution in [0.25, 0.3) is 0 Å². The summed E-state index contributed by atoms with van der Waals surface area (Å²) in [5.74, 6) is -2.11. The highest BCUT2D eigenvalue weighted by Gasteiger charge is 2.28. The van der Waals surface area contributed by atoms with Crippen molar-refractivity contribution in [3.8, 4) is 5.75 Å². The molecule has 0 unspecified atom stereocenters. The standard InChI is InChI=1S/C12H15NO5/c1-12(2,11(16)17)6-18-9-5-7(13)3-4-8(9)10(14)15/h3-5H,6,13H2,1-2H3,(H,14,15)(H,16,17). The van der Waals surface area contributed by atoms with Crippen LogP contribution in [0.3, 0.4) is 0 Å². The van der Waals surface area contributed by atoms with E-state index in [4.69, 9.17) is 20.7 Å². The van der Waals surface area contributed by atoms with E-state index in [0.29, 0.717) is 5.69 Å². The van der Waals surface area contributed by atoms with Crippen LogP contribution in [0, 0.1) is 5.41 Å². The fraction of sp³-hybridized carbons (Fsp3) is 0.333. The van der Waals surface area contributed by atoms with Crippen molar-refractivity contribution in [2.75, 3.05) is 12.3 Å². The first-order valence-electron chi connectivity index (χ1n) is 5.23. The van der Waals surface area contributed by atoms with Gasteiger partial charge in [0.2, 0.25) is 0 Å². The van der Waals surface area contributed by atoms with Gasteiger partial charge < -0.3 is 20.7 Å². The molecule has 1 rings (SSSR count). The lowest BCUT2D eigenvalue weighted by molar-refractivity contribution is -0.148. The van der Waals surface area contributed by atoms with Crippen molar-refractivity contribution in [2.45, 2.75) is 13.8 Å². The molecule has 1 aromatic carbocycles. The number of aromatic carboxylic acids is 1. The van der Waals surface area contributed by atoms with E-state index < -0.39 is 17.4 Å². The Morgan fingerprint density at radius 1 is 1.33 bits per heavy atom. The van der Waals surface area contributed by atoms with Gasteiger partial charge in [0.25, 0.3) is 0 Å². The highest BCUT2D eigenvalue weighted by atomic mass is 16.5. The molecule has 0 heterocycles. The molecule has 98 valence electrons. The zero-order valence-electron chi connectivity index (χ0n) is 10.1. The topological polar surface area (TPSA) is 110 Å². The Balaban J connectivity index is 2.94. The Morgan fingerprint density at radius 3 is 2.44 bits per heavy atom. The number of aliphatic carboxylic acids is 1. The summed E-state index contributed by atoms with van der Waals surface area (Å²) in [4.78, 5) is 21.9. The van der Waals surface area contributed by atoms with Gasteiger partial charge in [0.15, 0.2) is 0 Å². The first kappa shape index (κ1) is 13.8. The molecular weight excluding hydrogens is 238 g/mol. The van der Waals surface area contributed by atoms with E-state index >= 15 is 0 Å². The van der Waals surface area contributed by atoms with E-state index in [1.807, 2.05) is 0 Å². The predicted octanol–water partition coefficient (Wildman–Crippen LogP) is 1.46. The van der Waals surface area contributed by atoms with Crippen molar-refractivity contribution in [2.24, 2.45) is 5.41 Å². The highest BCUT2D eigenvalue weighted by molar-refractivity contribution is 5.91. The lowest BCUT2D eigenvalue weighted by Crippen LogP contribution is -2.31. The van der Waals surface area contributed by atoms with E-state index in [1.54, 1.807) is 0 Å². The van der Waals surface area contributed by atoms with E-state index in [-0.39, 0.29) is 17.9 Å². The first-order valence-corrected chi connectivity index (χ1v) is 5.23. The Bertz CT molecular complexity index is 481. The number of nitrogens with two attached hydrogens (primary N) is 1. The zero-order valence-corrected chi connectivity index (χ0v) is 10.1. The average molecular weight is 253 g/mol. The van der Waals surface area contributed by atoms with Crippen LogP contribution < -0.4 is 10.5 Å². The van der Waals surface area contributed by atoms with Crippen molar-refractivity contribution in [3.63, 3.8) is 0 Å². The van der Waals surface area contributed by atoms with Crippen molar-refractivity contribution < 1.29 is 24.5 Å². The van der Waals surface area contributed by atoms with Crippen LogP contribution in [0.4, 0.5) is 5.69 Å². The normalized spacial score (nSPS) is 11.0. The molecule has 0 saturated carbocycles. The van der Waals surface area contributed by atoms with Crippen molar-refractivity contribution >= 4 is 17.6 Å².